The summed E-state index contributed by atoms with van der Waals surface area (Å²) >= 11 is 0. The molecule has 0 amide bonds. The van der Waals surface area contributed by atoms with Crippen LogP contribution in [0.15, 0.2) is 0 Å². The third-order valence-electron chi connectivity index (χ3n) is 12.4. The molecule has 2 saturated carbocycles. The van der Waals surface area contributed by atoms with Crippen molar-refractivity contribution in [1.29, 1.82) is 0 Å². The van der Waals surface area contributed by atoms with E-state index >= 15 is 0 Å². The first kappa shape index (κ1) is 77.1. The van der Waals surface area contributed by atoms with Crippen molar-refractivity contribution < 1.29 is 55.4 Å². The third-order valence-corrected chi connectivity index (χ3v) is 12.4. The Hall–Kier alpha value is -0.840. The summed E-state index contributed by atoms with van der Waals surface area (Å²) in [5.74, 6) is -2.47. The SMILES string of the molecule is CC1CC(C)C(C(F)(F)F)C1.CC1CCC(C(F)(F)F)C1C.CCC(C)(C)C.CCC(C)C.CCC(C)C(F)(F)F.CCCC(C)(C)C.CCCC(C)C.CCCC(C)C(F)(F)F.[2H]C([2H])(C)C(C)(C)C. The lowest BCUT2D eigenvalue weighted by Gasteiger charge is -2.20. The average molecular weight is 1030 g/mol. The highest BCUT2D eigenvalue weighted by Crippen LogP contribution is 2.46. The number of rotatable bonds is 7. The Morgan fingerprint density at radius 1 is 0.449 bits per heavy atom. The fourth-order valence-electron chi connectivity index (χ4n) is 6.00. The second kappa shape index (κ2) is 40.5. The summed E-state index contributed by atoms with van der Waals surface area (Å²) in [7, 11) is 0. The van der Waals surface area contributed by atoms with Gasteiger partial charge in [0.15, 0.2) is 0 Å². The molecule has 0 heterocycles. The first-order chi connectivity index (χ1) is 31.2. The van der Waals surface area contributed by atoms with Gasteiger partial charge in [0.25, 0.3) is 0 Å². The van der Waals surface area contributed by atoms with E-state index in [0.717, 1.165) is 24.7 Å². The molecule has 0 aromatic rings. The van der Waals surface area contributed by atoms with Crippen molar-refractivity contribution in [2.24, 2.45) is 75.4 Å². The van der Waals surface area contributed by atoms with Crippen LogP contribution in [0.1, 0.15) is 273 Å². The van der Waals surface area contributed by atoms with Crippen LogP contribution in [0.25, 0.3) is 0 Å². The van der Waals surface area contributed by atoms with Gasteiger partial charge in [-0.15, -0.1) is 0 Å². The summed E-state index contributed by atoms with van der Waals surface area (Å²) < 4.78 is 157. The molecule has 0 aliphatic heterocycles. The first-order valence-electron chi connectivity index (χ1n) is 27.5. The van der Waals surface area contributed by atoms with Gasteiger partial charge in [0.2, 0.25) is 0 Å². The zero-order valence-corrected chi connectivity index (χ0v) is 49.5. The van der Waals surface area contributed by atoms with Gasteiger partial charge < -0.3 is 0 Å². The summed E-state index contributed by atoms with van der Waals surface area (Å²) in [6.45, 7) is 51.5. The Morgan fingerprint density at radius 3 is 0.884 bits per heavy atom. The zero-order valence-electron chi connectivity index (χ0n) is 51.5. The molecule has 8 unspecified atom stereocenters. The standard InChI is InChI=1S/2C8H13F3.C7H16.C6H11F3.3C6H14.C5H9F3.C5H12/c1-5-3-6(2)7(4-5)8(9,10)11;1-5-3-4-7(6(5)2)8(9,10)11;1-5-6-7(2,3)4;1-3-4-5(2)6(7,8)9;2*1-5-6(2,3)4;1-4-5-6(2)3;1-3-4(2)5(6,7)8;1-4-5(2)3/h2*5-7H,3-4H2,1-2H3;5-6H2,1-4H3;5H,3-4H2,1-2H3;2*5H2,1-4H3;6H,4-5H2,1-3H3;4H,3H2,1-2H3;5H,4H2,1-3H3/i;;;;5D2;;;;. The molecule has 2 aliphatic rings. The molecular weight excluding hydrogens is 913 g/mol. The molecule has 2 aliphatic carbocycles. The minimum absolute atomic E-state index is 0.170. The van der Waals surface area contributed by atoms with Crippen molar-refractivity contribution in [3.63, 3.8) is 0 Å². The maximum absolute atomic E-state index is 12.2. The summed E-state index contributed by atoms with van der Waals surface area (Å²) in [5, 5.41) is 0. The highest BCUT2D eigenvalue weighted by atomic mass is 19.4. The van der Waals surface area contributed by atoms with E-state index in [-0.39, 0.29) is 41.9 Å². The Bertz CT molecular complexity index is 1140. The van der Waals surface area contributed by atoms with Gasteiger partial charge in [0.05, 0.1) is 23.7 Å². The molecule has 0 nitrogen and oxygen atoms in total. The molecule has 2 rings (SSSR count). The van der Waals surface area contributed by atoms with Gasteiger partial charge in [-0.1, -0.05) is 225 Å². The van der Waals surface area contributed by atoms with E-state index in [1.807, 2.05) is 34.6 Å². The van der Waals surface area contributed by atoms with Gasteiger partial charge in [-0.2, -0.15) is 52.7 Å². The second-order valence-electron chi connectivity index (χ2n) is 24.1. The molecule has 428 valence electrons. The van der Waals surface area contributed by atoms with Gasteiger partial charge in [-0.25, -0.2) is 0 Å². The van der Waals surface area contributed by atoms with E-state index in [9.17, 15) is 52.7 Å². The largest absolute Gasteiger partial charge is 0.392 e. The monoisotopic (exact) mass is 1030 g/mol. The highest BCUT2D eigenvalue weighted by molar-refractivity contribution is 4.84. The Kier molecular flexibility index (Phi) is 45.3. The van der Waals surface area contributed by atoms with Crippen molar-refractivity contribution in [2.45, 2.75) is 295 Å². The van der Waals surface area contributed by atoms with Crippen LogP contribution in [0.4, 0.5) is 52.7 Å². The van der Waals surface area contributed by atoms with Crippen LogP contribution in [0.5, 0.6) is 0 Å². The van der Waals surface area contributed by atoms with Crippen molar-refractivity contribution >= 4 is 0 Å². The first-order valence-corrected chi connectivity index (χ1v) is 26.5. The summed E-state index contributed by atoms with van der Waals surface area (Å²) in [6.07, 6.45) is -5.94. The maximum Gasteiger partial charge on any atom is 0.392 e. The highest BCUT2D eigenvalue weighted by Gasteiger charge is 2.48. The van der Waals surface area contributed by atoms with Crippen LogP contribution in [0.2, 0.25) is 0 Å². The van der Waals surface area contributed by atoms with E-state index < -0.39 is 54.7 Å². The molecule has 0 saturated heterocycles. The molecule has 12 heteroatoms. The van der Waals surface area contributed by atoms with Crippen LogP contribution in [-0.4, -0.2) is 24.7 Å². The molecule has 69 heavy (non-hydrogen) atoms. The molecule has 0 spiro atoms. The Morgan fingerprint density at radius 2 is 0.812 bits per heavy atom. The number of hydrogen-bond donors (Lipinski definition) is 0. The molecule has 0 aromatic carbocycles. The quantitative estimate of drug-likeness (QED) is 0.223. The number of alkyl halides is 12. The summed E-state index contributed by atoms with van der Waals surface area (Å²) in [5.41, 5.74) is 0.863. The molecule has 2 fully saturated rings. The zero-order chi connectivity index (χ0) is 59.0. The van der Waals surface area contributed by atoms with Gasteiger partial charge in [-0.3, -0.25) is 0 Å². The van der Waals surface area contributed by atoms with Crippen molar-refractivity contribution in [3.8, 4) is 0 Å². The predicted octanol–water partition coefficient (Wildman–Crippen LogP) is 24.3. The second-order valence-corrected chi connectivity index (χ2v) is 24.1. The van der Waals surface area contributed by atoms with Gasteiger partial charge in [0, 0.05) is 2.74 Å². The number of halogens is 12. The molecule has 0 N–H and O–H groups in total. The molecular formula is C57H116F12. The predicted molar refractivity (Wildman–Crippen MR) is 279 cm³/mol. The lowest BCUT2D eigenvalue weighted by molar-refractivity contribution is -0.183. The Balaban J connectivity index is -0.000000131. The average Bonchev–Trinajstić information content (AvgIpc) is 3.69. The molecule has 0 radical (unpaired) electrons. The van der Waals surface area contributed by atoms with Crippen molar-refractivity contribution in [2.75, 3.05) is 0 Å². The number of hydrogen-bond acceptors (Lipinski definition) is 0. The van der Waals surface area contributed by atoms with Crippen LogP contribution >= 0.6 is 0 Å². The minimum atomic E-state index is -3.99. The van der Waals surface area contributed by atoms with Crippen LogP contribution in [0.3, 0.4) is 0 Å². The van der Waals surface area contributed by atoms with Crippen molar-refractivity contribution in [3.05, 3.63) is 0 Å². The fraction of sp³-hybridized carbons (Fsp3) is 1.00. The topological polar surface area (TPSA) is 0 Å². The van der Waals surface area contributed by atoms with Gasteiger partial charge in [0.1, 0.15) is 0 Å². The lowest BCUT2D eigenvalue weighted by atomic mass is 9.91. The van der Waals surface area contributed by atoms with E-state index in [1.165, 1.54) is 59.3 Å². The van der Waals surface area contributed by atoms with Crippen molar-refractivity contribution in [1.82, 2.24) is 0 Å². The fourth-order valence-corrected chi connectivity index (χ4v) is 6.00. The third kappa shape index (κ3) is 61.4. The maximum atomic E-state index is 12.2. The smallest absolute Gasteiger partial charge is 0.171 e. The van der Waals surface area contributed by atoms with E-state index in [4.69, 9.17) is 2.74 Å². The van der Waals surface area contributed by atoms with Crippen LogP contribution in [0, 0.1) is 75.4 Å². The molecule has 8 atom stereocenters. The van der Waals surface area contributed by atoms with E-state index in [1.54, 1.807) is 27.7 Å². The van der Waals surface area contributed by atoms with Crippen LogP contribution in [-0.2, 0) is 0 Å². The van der Waals surface area contributed by atoms with Crippen LogP contribution < -0.4 is 0 Å². The summed E-state index contributed by atoms with van der Waals surface area (Å²) in [6, 6.07) is 0. The molecule has 0 bridgehead atoms. The van der Waals surface area contributed by atoms with E-state index in [2.05, 4.69) is 96.9 Å². The lowest BCUT2D eigenvalue weighted by Crippen LogP contribution is -2.26. The normalized spacial score (nSPS) is 22.0. The van der Waals surface area contributed by atoms with E-state index in [0.29, 0.717) is 30.1 Å². The Labute approximate surface area is 424 Å². The van der Waals surface area contributed by atoms with Gasteiger partial charge >= 0.3 is 24.7 Å². The minimum Gasteiger partial charge on any atom is -0.171 e. The van der Waals surface area contributed by atoms with Gasteiger partial charge in [-0.05, 0) is 96.7 Å². The molecule has 0 aromatic heterocycles. The summed E-state index contributed by atoms with van der Waals surface area (Å²) in [4.78, 5) is 0.